The van der Waals surface area contributed by atoms with Crippen LogP contribution in [0.1, 0.15) is 251 Å². The van der Waals surface area contributed by atoms with Crippen LogP contribution in [0.2, 0.25) is 0 Å². The summed E-state index contributed by atoms with van der Waals surface area (Å²) in [6.07, 6.45) is 56.1. The van der Waals surface area contributed by atoms with E-state index in [1.54, 1.807) is 0 Å². The molecule has 0 amide bonds. The van der Waals surface area contributed by atoms with Gasteiger partial charge in [-0.1, -0.05) is 204 Å². The zero-order valence-corrected chi connectivity index (χ0v) is 42.7. The van der Waals surface area contributed by atoms with Crippen molar-refractivity contribution in [2.24, 2.45) is 0 Å². The number of carbonyl (C=O) groups is 3. The number of likely N-dealkylation sites (N-methyl/N-ethyl adjacent to an activating group) is 1. The quantitative estimate of drug-likeness (QED) is 0.0259. The number of esters is 2. The first-order valence-electron chi connectivity index (χ1n) is 27.0. The van der Waals surface area contributed by atoms with Crippen molar-refractivity contribution in [2.75, 3.05) is 41.0 Å². The Hall–Kier alpha value is -2.45. The van der Waals surface area contributed by atoms with E-state index in [1.807, 2.05) is 21.1 Å². The number of hydrogen-bond acceptors (Lipinski definition) is 7. The number of unbranched alkanes of at least 4 members (excludes halogenated alkanes) is 29. The number of aliphatic carboxylic acids is 1. The average Bonchev–Trinajstić information content (AvgIpc) is 3.26. The first-order valence-corrected chi connectivity index (χ1v) is 27.0. The van der Waals surface area contributed by atoms with Crippen molar-refractivity contribution in [3.05, 3.63) is 36.5 Å². The van der Waals surface area contributed by atoms with Crippen LogP contribution in [0.15, 0.2) is 36.5 Å². The Balaban J connectivity index is 4.19. The van der Waals surface area contributed by atoms with Crippen LogP contribution in [0.3, 0.4) is 0 Å². The Morgan fingerprint density at radius 1 is 0.484 bits per heavy atom. The highest BCUT2D eigenvalue weighted by Gasteiger charge is 2.25. The Labute approximate surface area is 395 Å². The van der Waals surface area contributed by atoms with Gasteiger partial charge in [0.1, 0.15) is 12.6 Å². The fraction of sp³-hybridized carbons (Fsp3) is 0.839. The summed E-state index contributed by atoms with van der Waals surface area (Å²) in [7, 11) is 5.42. The van der Waals surface area contributed by atoms with E-state index < -0.39 is 18.1 Å². The van der Waals surface area contributed by atoms with Crippen molar-refractivity contribution in [1.29, 1.82) is 0 Å². The van der Waals surface area contributed by atoms with E-state index >= 15 is 0 Å². The van der Waals surface area contributed by atoms with Crippen LogP contribution >= 0.6 is 0 Å². The minimum absolute atomic E-state index is 0.0421. The fourth-order valence-electron chi connectivity index (χ4n) is 8.11. The maximum atomic E-state index is 12.8. The van der Waals surface area contributed by atoms with Crippen LogP contribution in [0.5, 0.6) is 0 Å². The third-order valence-electron chi connectivity index (χ3n) is 12.3. The lowest BCUT2D eigenvalue weighted by Crippen LogP contribution is -2.55. The Bertz CT molecular complexity index is 1140. The van der Waals surface area contributed by atoms with Crippen LogP contribution in [-0.2, 0) is 28.6 Å². The summed E-state index contributed by atoms with van der Waals surface area (Å²) in [6.45, 7) is 4.59. The number of hydrogen-bond donors (Lipinski definition) is 0. The molecule has 0 spiro atoms. The predicted octanol–water partition coefficient (Wildman–Crippen LogP) is 14.4. The molecule has 0 saturated heterocycles. The first kappa shape index (κ1) is 61.5. The molecule has 0 N–H and O–H groups in total. The largest absolute Gasteiger partial charge is 0.544 e. The minimum Gasteiger partial charge on any atom is -0.544 e. The molecule has 0 aromatic carbocycles. The molecular weight excluding hydrogens is 799 g/mol. The van der Waals surface area contributed by atoms with Gasteiger partial charge in [0.25, 0.3) is 0 Å². The van der Waals surface area contributed by atoms with Gasteiger partial charge in [-0.05, 0) is 64.2 Å². The lowest BCUT2D eigenvalue weighted by molar-refractivity contribution is -0.889. The molecule has 0 rings (SSSR count). The molecule has 0 saturated carbocycles. The number of rotatable bonds is 49. The van der Waals surface area contributed by atoms with Crippen LogP contribution in [0.4, 0.5) is 0 Å². The highest BCUT2D eigenvalue weighted by Crippen LogP contribution is 2.16. The van der Waals surface area contributed by atoms with Gasteiger partial charge < -0.3 is 28.6 Å². The zero-order chi connectivity index (χ0) is 47.0. The van der Waals surface area contributed by atoms with Crippen molar-refractivity contribution in [1.82, 2.24) is 0 Å². The Morgan fingerprint density at radius 3 is 1.30 bits per heavy atom. The molecule has 8 nitrogen and oxygen atoms in total. The lowest BCUT2D eigenvalue weighted by Gasteiger charge is -2.34. The molecule has 2 unspecified atom stereocenters. The smallest absolute Gasteiger partial charge is 0.306 e. The summed E-state index contributed by atoms with van der Waals surface area (Å²) in [5, 5.41) is 11.7. The molecule has 0 aliphatic carbocycles. The second kappa shape index (κ2) is 47.1. The summed E-state index contributed by atoms with van der Waals surface area (Å²) < 4.78 is 17.3. The van der Waals surface area contributed by atoms with Crippen molar-refractivity contribution in [3.8, 4) is 0 Å². The van der Waals surface area contributed by atoms with E-state index in [0.29, 0.717) is 12.8 Å². The van der Waals surface area contributed by atoms with Crippen molar-refractivity contribution >= 4 is 17.9 Å². The third kappa shape index (κ3) is 44.7. The highest BCUT2D eigenvalue weighted by atomic mass is 16.6. The van der Waals surface area contributed by atoms with E-state index in [2.05, 4.69) is 50.3 Å². The number of quaternary nitrogens is 1. The summed E-state index contributed by atoms with van der Waals surface area (Å²) in [4.78, 5) is 37.1. The second-order valence-electron chi connectivity index (χ2n) is 19.4. The second-order valence-corrected chi connectivity index (χ2v) is 19.4. The molecule has 0 aromatic rings. The van der Waals surface area contributed by atoms with Crippen molar-refractivity contribution < 1.29 is 38.2 Å². The molecule has 0 aliphatic heterocycles. The lowest BCUT2D eigenvalue weighted by atomic mass is 10.0. The topological polar surface area (TPSA) is 102 Å². The summed E-state index contributed by atoms with van der Waals surface area (Å²) >= 11 is 0. The molecular formula is C56H103NO7. The molecule has 64 heavy (non-hydrogen) atoms. The van der Waals surface area contributed by atoms with Crippen molar-refractivity contribution in [3.63, 3.8) is 0 Å². The van der Waals surface area contributed by atoms with Gasteiger partial charge in [0.05, 0.1) is 40.3 Å². The molecule has 8 heteroatoms. The minimum atomic E-state index is -1.12. The molecule has 2 atom stereocenters. The molecule has 0 aromatic heterocycles. The number of carboxylic acids is 1. The van der Waals surface area contributed by atoms with E-state index in [1.165, 1.54) is 167 Å². The first-order chi connectivity index (χ1) is 31.1. The van der Waals surface area contributed by atoms with Crippen molar-refractivity contribution in [2.45, 2.75) is 264 Å². The number of carboxylic acid groups (broad SMARTS) is 1. The van der Waals surface area contributed by atoms with Crippen LogP contribution in [0, 0.1) is 0 Å². The van der Waals surface area contributed by atoms with Crippen LogP contribution < -0.4 is 5.11 Å². The molecule has 0 fully saturated rings. The summed E-state index contributed by atoms with van der Waals surface area (Å²) in [5.41, 5.74) is 0. The standard InChI is InChI=1S/C56H103NO7/c1-6-8-10-12-14-16-18-20-22-24-26-27-29-31-33-35-37-39-41-43-45-47-55(59)64-52(50-62-49-48-53(56(60)61)57(3,4)5)51-63-54(58)46-44-42-40-38-36-34-32-30-28-25-23-21-19-17-15-13-11-9-7-2/h8,10,14,16,25,28,52-53H,6-7,9,11-13,15,17-24,26-27,29-51H2,1-5H3/b10-8+,16-14+,28-25+. The number of allylic oxidation sites excluding steroid dienone is 6. The van der Waals surface area contributed by atoms with Crippen LogP contribution in [0.25, 0.3) is 0 Å². The van der Waals surface area contributed by atoms with Gasteiger partial charge in [0.15, 0.2) is 6.10 Å². The Morgan fingerprint density at radius 2 is 0.875 bits per heavy atom. The fourth-order valence-corrected chi connectivity index (χ4v) is 8.11. The Kier molecular flexibility index (Phi) is 45.3. The van der Waals surface area contributed by atoms with Gasteiger partial charge in [-0.25, -0.2) is 0 Å². The SMILES string of the molecule is CC/C=C/C/C=C/CCCCCCCCCCCCCCCCC(=O)OC(COCCC(C(=O)[O-])[N+](C)(C)C)COC(=O)CCCCCCCCC/C=C/CCCCCCCCCC. The molecule has 0 aliphatic rings. The molecule has 0 heterocycles. The van der Waals surface area contributed by atoms with E-state index in [-0.39, 0.29) is 42.7 Å². The van der Waals surface area contributed by atoms with Gasteiger partial charge in [0.2, 0.25) is 0 Å². The van der Waals surface area contributed by atoms with Gasteiger partial charge >= 0.3 is 11.9 Å². The van der Waals surface area contributed by atoms with Gasteiger partial charge in [-0.3, -0.25) is 9.59 Å². The highest BCUT2D eigenvalue weighted by molar-refractivity contribution is 5.70. The number of nitrogens with zero attached hydrogens (tertiary/aromatic N) is 1. The molecule has 0 radical (unpaired) electrons. The maximum Gasteiger partial charge on any atom is 0.306 e. The number of carbonyl (C=O) groups excluding carboxylic acids is 3. The zero-order valence-electron chi connectivity index (χ0n) is 42.7. The predicted molar refractivity (Wildman–Crippen MR) is 268 cm³/mol. The average molecular weight is 902 g/mol. The monoisotopic (exact) mass is 902 g/mol. The summed E-state index contributed by atoms with van der Waals surface area (Å²) in [5.74, 6) is -1.73. The van der Waals surface area contributed by atoms with Crippen LogP contribution in [-0.4, -0.2) is 75.5 Å². The van der Waals surface area contributed by atoms with E-state index in [0.717, 1.165) is 51.4 Å². The summed E-state index contributed by atoms with van der Waals surface area (Å²) in [6, 6.07) is -0.726. The maximum absolute atomic E-state index is 12.8. The van der Waals surface area contributed by atoms with E-state index in [4.69, 9.17) is 14.2 Å². The number of ether oxygens (including phenoxy) is 3. The van der Waals surface area contributed by atoms with E-state index in [9.17, 15) is 19.5 Å². The molecule has 0 bridgehead atoms. The normalized spacial score (nSPS) is 13.1. The van der Waals surface area contributed by atoms with Gasteiger partial charge in [0, 0.05) is 19.3 Å². The molecule has 374 valence electrons. The van der Waals surface area contributed by atoms with Gasteiger partial charge in [-0.2, -0.15) is 0 Å². The van der Waals surface area contributed by atoms with Gasteiger partial charge in [-0.15, -0.1) is 0 Å². The third-order valence-corrected chi connectivity index (χ3v) is 12.3.